The Morgan fingerprint density at radius 1 is 0.966 bits per heavy atom. The molecule has 1 amide bonds. The van der Waals surface area contributed by atoms with E-state index in [1.807, 2.05) is 54.6 Å². The molecule has 29 heavy (non-hydrogen) atoms. The molecule has 1 aromatic heterocycles. The standard InChI is InChI=1S/C23H26N4O2/c1-16(2)17-10-12-19(13-11-17)21(28)24-20(18-8-4-3-5-9-18)22-25-26-23(29-22)27-14-6-7-15-27/h3-5,8-13,16,20H,6-7,14-15H2,1-2H3,(H,24,28)/t20-/m0/s1. The van der Waals surface area contributed by atoms with Gasteiger partial charge in [-0.25, -0.2) is 0 Å². The Labute approximate surface area is 170 Å². The Balaban J connectivity index is 1.58. The monoisotopic (exact) mass is 390 g/mol. The van der Waals surface area contributed by atoms with Gasteiger partial charge in [-0.1, -0.05) is 61.4 Å². The maximum absolute atomic E-state index is 12.9. The van der Waals surface area contributed by atoms with Crippen LogP contribution in [0.1, 0.15) is 66.0 Å². The van der Waals surface area contributed by atoms with Crippen LogP contribution in [0.4, 0.5) is 6.01 Å². The van der Waals surface area contributed by atoms with Gasteiger partial charge < -0.3 is 14.6 Å². The minimum Gasteiger partial charge on any atom is -0.405 e. The quantitative estimate of drug-likeness (QED) is 0.679. The second-order valence-electron chi connectivity index (χ2n) is 7.71. The van der Waals surface area contributed by atoms with E-state index < -0.39 is 6.04 Å². The normalized spacial score (nSPS) is 14.9. The van der Waals surface area contributed by atoms with Crippen molar-refractivity contribution in [2.24, 2.45) is 0 Å². The van der Waals surface area contributed by atoms with Gasteiger partial charge in [-0.3, -0.25) is 4.79 Å². The zero-order valence-corrected chi connectivity index (χ0v) is 16.8. The molecular formula is C23H26N4O2. The van der Waals surface area contributed by atoms with Crippen molar-refractivity contribution in [3.8, 4) is 0 Å². The number of hydrogen-bond donors (Lipinski definition) is 1. The van der Waals surface area contributed by atoms with Gasteiger partial charge in [-0.05, 0) is 42.0 Å². The Bertz CT molecular complexity index is 945. The van der Waals surface area contributed by atoms with Gasteiger partial charge in [0.25, 0.3) is 5.91 Å². The summed E-state index contributed by atoms with van der Waals surface area (Å²) < 4.78 is 5.96. The van der Waals surface area contributed by atoms with E-state index >= 15 is 0 Å². The van der Waals surface area contributed by atoms with E-state index in [9.17, 15) is 4.79 Å². The fraction of sp³-hybridized carbons (Fsp3) is 0.348. The number of benzene rings is 2. The van der Waals surface area contributed by atoms with Crippen LogP contribution >= 0.6 is 0 Å². The minimum atomic E-state index is -0.502. The van der Waals surface area contributed by atoms with E-state index in [1.54, 1.807) is 0 Å². The number of carbonyl (C=O) groups excluding carboxylic acids is 1. The fourth-order valence-electron chi connectivity index (χ4n) is 3.55. The molecule has 1 aliphatic rings. The summed E-state index contributed by atoms with van der Waals surface area (Å²) in [5.41, 5.74) is 2.71. The highest BCUT2D eigenvalue weighted by atomic mass is 16.4. The van der Waals surface area contributed by atoms with Crippen LogP contribution < -0.4 is 10.2 Å². The highest BCUT2D eigenvalue weighted by Gasteiger charge is 2.26. The third-order valence-electron chi connectivity index (χ3n) is 5.30. The first-order valence-electron chi connectivity index (χ1n) is 10.2. The predicted octanol–water partition coefficient (Wildman–Crippen LogP) is 4.31. The summed E-state index contributed by atoms with van der Waals surface area (Å²) in [4.78, 5) is 15.0. The lowest BCUT2D eigenvalue weighted by molar-refractivity contribution is 0.0938. The number of hydrogen-bond acceptors (Lipinski definition) is 5. The summed E-state index contributed by atoms with van der Waals surface area (Å²) in [6.45, 7) is 6.11. The number of nitrogens with one attached hydrogen (secondary N) is 1. The molecular weight excluding hydrogens is 364 g/mol. The Kier molecular flexibility index (Phi) is 5.60. The molecule has 150 valence electrons. The lowest BCUT2D eigenvalue weighted by Gasteiger charge is -2.16. The number of aromatic nitrogens is 2. The molecule has 1 N–H and O–H groups in total. The lowest BCUT2D eigenvalue weighted by atomic mass is 10.0. The summed E-state index contributed by atoms with van der Waals surface area (Å²) in [5, 5.41) is 11.5. The minimum absolute atomic E-state index is 0.171. The zero-order chi connectivity index (χ0) is 20.2. The van der Waals surface area contributed by atoms with Crippen molar-refractivity contribution in [1.82, 2.24) is 15.5 Å². The molecule has 0 unspecified atom stereocenters. The summed E-state index contributed by atoms with van der Waals surface area (Å²) in [5.74, 6) is 0.645. The SMILES string of the molecule is CC(C)c1ccc(C(=O)N[C@@H](c2ccccc2)c2nnc(N3CCCC3)o2)cc1. The van der Waals surface area contributed by atoms with Crippen molar-refractivity contribution < 1.29 is 9.21 Å². The highest BCUT2D eigenvalue weighted by molar-refractivity contribution is 5.94. The van der Waals surface area contributed by atoms with Gasteiger partial charge in [0.15, 0.2) is 0 Å². The van der Waals surface area contributed by atoms with Crippen molar-refractivity contribution in [2.75, 3.05) is 18.0 Å². The topological polar surface area (TPSA) is 71.3 Å². The lowest BCUT2D eigenvalue weighted by Crippen LogP contribution is -2.29. The maximum Gasteiger partial charge on any atom is 0.318 e. The molecule has 4 rings (SSSR count). The summed E-state index contributed by atoms with van der Waals surface area (Å²) in [6.07, 6.45) is 2.26. The second-order valence-corrected chi connectivity index (χ2v) is 7.71. The van der Waals surface area contributed by atoms with Crippen molar-refractivity contribution in [2.45, 2.75) is 38.6 Å². The average molecular weight is 390 g/mol. The van der Waals surface area contributed by atoms with Crippen LogP contribution in [0.3, 0.4) is 0 Å². The number of amides is 1. The van der Waals surface area contributed by atoms with Gasteiger partial charge in [0.05, 0.1) is 0 Å². The first-order valence-corrected chi connectivity index (χ1v) is 10.2. The van der Waals surface area contributed by atoms with Gasteiger partial charge in [0, 0.05) is 18.7 Å². The molecule has 0 saturated carbocycles. The first kappa shape index (κ1) is 19.2. The summed E-state index contributed by atoms with van der Waals surface area (Å²) >= 11 is 0. The van der Waals surface area contributed by atoms with E-state index in [0.29, 0.717) is 23.4 Å². The van der Waals surface area contributed by atoms with Gasteiger partial charge in [0.2, 0.25) is 5.89 Å². The Morgan fingerprint density at radius 2 is 1.66 bits per heavy atom. The molecule has 3 aromatic rings. The van der Waals surface area contributed by atoms with E-state index in [4.69, 9.17) is 4.42 Å². The summed E-state index contributed by atoms with van der Waals surface area (Å²) in [6, 6.07) is 17.4. The predicted molar refractivity (Wildman–Crippen MR) is 112 cm³/mol. The second kappa shape index (κ2) is 8.47. The van der Waals surface area contributed by atoms with E-state index in [0.717, 1.165) is 31.5 Å². The van der Waals surface area contributed by atoms with E-state index in [1.165, 1.54) is 5.56 Å². The summed E-state index contributed by atoms with van der Waals surface area (Å²) in [7, 11) is 0. The van der Waals surface area contributed by atoms with Gasteiger partial charge in [-0.15, -0.1) is 5.10 Å². The van der Waals surface area contributed by atoms with Crippen molar-refractivity contribution in [3.63, 3.8) is 0 Å². The molecule has 2 aromatic carbocycles. The fourth-order valence-corrected chi connectivity index (χ4v) is 3.55. The molecule has 1 fully saturated rings. The zero-order valence-electron chi connectivity index (χ0n) is 16.8. The molecule has 1 saturated heterocycles. The molecule has 0 bridgehead atoms. The molecule has 0 radical (unpaired) electrons. The van der Waals surface area contributed by atoms with E-state index in [2.05, 4.69) is 34.3 Å². The molecule has 2 heterocycles. The van der Waals surface area contributed by atoms with Crippen LogP contribution in [-0.2, 0) is 0 Å². The third kappa shape index (κ3) is 4.31. The average Bonchev–Trinajstić information content (AvgIpc) is 3.44. The number of carbonyl (C=O) groups is 1. The smallest absolute Gasteiger partial charge is 0.318 e. The van der Waals surface area contributed by atoms with Crippen LogP contribution in [0.25, 0.3) is 0 Å². The van der Waals surface area contributed by atoms with Crippen LogP contribution in [0.5, 0.6) is 0 Å². The van der Waals surface area contributed by atoms with Crippen LogP contribution in [0.15, 0.2) is 59.0 Å². The number of nitrogens with zero attached hydrogens (tertiary/aromatic N) is 3. The van der Waals surface area contributed by atoms with Crippen molar-refractivity contribution in [1.29, 1.82) is 0 Å². The van der Waals surface area contributed by atoms with Crippen LogP contribution in [0, 0.1) is 0 Å². The molecule has 6 nitrogen and oxygen atoms in total. The van der Waals surface area contributed by atoms with Gasteiger partial charge >= 0.3 is 6.01 Å². The largest absolute Gasteiger partial charge is 0.405 e. The van der Waals surface area contributed by atoms with Gasteiger partial charge in [-0.2, -0.15) is 0 Å². The molecule has 6 heteroatoms. The molecule has 1 atom stereocenters. The number of rotatable bonds is 6. The molecule has 0 spiro atoms. The van der Waals surface area contributed by atoms with Crippen LogP contribution in [-0.4, -0.2) is 29.2 Å². The van der Waals surface area contributed by atoms with Crippen molar-refractivity contribution >= 4 is 11.9 Å². The van der Waals surface area contributed by atoms with Crippen LogP contribution in [0.2, 0.25) is 0 Å². The van der Waals surface area contributed by atoms with Crippen molar-refractivity contribution in [3.05, 3.63) is 77.2 Å². The molecule has 1 aliphatic heterocycles. The first-order chi connectivity index (χ1) is 14.1. The third-order valence-corrected chi connectivity index (χ3v) is 5.30. The maximum atomic E-state index is 12.9. The molecule has 0 aliphatic carbocycles. The Hall–Kier alpha value is -3.15. The Morgan fingerprint density at radius 3 is 2.31 bits per heavy atom. The van der Waals surface area contributed by atoms with Gasteiger partial charge in [0.1, 0.15) is 6.04 Å². The number of anilines is 1. The van der Waals surface area contributed by atoms with E-state index in [-0.39, 0.29) is 5.91 Å². The highest BCUT2D eigenvalue weighted by Crippen LogP contribution is 2.26.